The van der Waals surface area contributed by atoms with Crippen LogP contribution in [0.4, 0.5) is 5.69 Å². The van der Waals surface area contributed by atoms with E-state index in [4.69, 9.17) is 9.47 Å². The van der Waals surface area contributed by atoms with Gasteiger partial charge < -0.3 is 14.8 Å². The highest BCUT2D eigenvalue weighted by Gasteiger charge is 2.39. The Kier molecular flexibility index (Phi) is 5.37. The largest absolute Gasteiger partial charge is 0.487 e. The summed E-state index contributed by atoms with van der Waals surface area (Å²) < 4.78 is 38.7. The molecule has 2 aliphatic rings. The Bertz CT molecular complexity index is 1110. The van der Waals surface area contributed by atoms with Crippen molar-refractivity contribution in [2.45, 2.75) is 51.9 Å². The van der Waals surface area contributed by atoms with Crippen molar-refractivity contribution >= 4 is 21.6 Å². The van der Waals surface area contributed by atoms with E-state index in [9.17, 15) is 13.2 Å². The highest BCUT2D eigenvalue weighted by atomic mass is 32.2. The first kappa shape index (κ1) is 21.5. The Labute approximate surface area is 183 Å². The van der Waals surface area contributed by atoms with Crippen molar-refractivity contribution in [2.24, 2.45) is 0 Å². The summed E-state index contributed by atoms with van der Waals surface area (Å²) in [6.45, 7) is 7.49. The molecular formula is C23H28N2O5S. The minimum absolute atomic E-state index is 0.0590. The maximum absolute atomic E-state index is 13.2. The van der Waals surface area contributed by atoms with Crippen molar-refractivity contribution in [2.75, 3.05) is 16.6 Å². The maximum atomic E-state index is 13.2. The van der Waals surface area contributed by atoms with E-state index in [0.717, 1.165) is 16.9 Å². The van der Waals surface area contributed by atoms with Crippen LogP contribution in [0.5, 0.6) is 11.5 Å². The molecule has 8 heteroatoms. The molecular weight excluding hydrogens is 416 g/mol. The molecule has 0 aromatic heterocycles. The molecule has 0 spiro atoms. The molecule has 0 saturated carbocycles. The van der Waals surface area contributed by atoms with Gasteiger partial charge >= 0.3 is 0 Å². The minimum Gasteiger partial charge on any atom is -0.487 e. The van der Waals surface area contributed by atoms with Crippen LogP contribution >= 0.6 is 0 Å². The number of fused-ring (bicyclic) bond motifs is 2. The predicted octanol–water partition coefficient (Wildman–Crippen LogP) is 3.33. The third-order valence-corrected chi connectivity index (χ3v) is 7.42. The number of carbonyl (C=O) groups excluding carboxylic acids is 1. The molecule has 0 radical (unpaired) electrons. The summed E-state index contributed by atoms with van der Waals surface area (Å²) >= 11 is 0. The monoisotopic (exact) mass is 444 g/mol. The van der Waals surface area contributed by atoms with Gasteiger partial charge in [0.05, 0.1) is 24.0 Å². The number of hydrogen-bond acceptors (Lipinski definition) is 5. The molecule has 2 aromatic rings. The Morgan fingerprint density at radius 2 is 1.94 bits per heavy atom. The number of aryl methyl sites for hydroxylation is 1. The van der Waals surface area contributed by atoms with Gasteiger partial charge in [0.1, 0.15) is 17.1 Å². The van der Waals surface area contributed by atoms with Crippen LogP contribution in [0, 0.1) is 6.92 Å². The number of anilines is 1. The molecule has 0 aliphatic carbocycles. The summed E-state index contributed by atoms with van der Waals surface area (Å²) in [6, 6.07) is 12.6. The minimum atomic E-state index is -3.55. The predicted molar refractivity (Wildman–Crippen MR) is 119 cm³/mol. The zero-order chi connectivity index (χ0) is 22.4. The van der Waals surface area contributed by atoms with Gasteiger partial charge in [0, 0.05) is 12.0 Å². The number of carbonyl (C=O) groups is 1. The van der Waals surface area contributed by atoms with E-state index in [-0.39, 0.29) is 24.2 Å². The van der Waals surface area contributed by atoms with Gasteiger partial charge in [-0.3, -0.25) is 9.10 Å². The number of sulfonamides is 1. The van der Waals surface area contributed by atoms with Gasteiger partial charge in [-0.05, 0) is 51.5 Å². The van der Waals surface area contributed by atoms with Crippen LogP contribution in [0.3, 0.4) is 0 Å². The van der Waals surface area contributed by atoms with Crippen LogP contribution in [0.1, 0.15) is 44.4 Å². The van der Waals surface area contributed by atoms with Crippen molar-refractivity contribution in [3.05, 3.63) is 53.6 Å². The molecule has 31 heavy (non-hydrogen) atoms. The molecule has 0 unspecified atom stereocenters. The second-order valence-electron chi connectivity index (χ2n) is 8.67. The number of amides is 1. The zero-order valence-corrected chi connectivity index (χ0v) is 19.0. The summed E-state index contributed by atoms with van der Waals surface area (Å²) in [5.74, 6) is 0.734. The van der Waals surface area contributed by atoms with Gasteiger partial charge in [0.15, 0.2) is 6.10 Å². The number of nitrogens with one attached hydrogen (secondary N) is 1. The SMILES string of the molecule is CCS(=O)(=O)N1C[C@H](C(=O)N[C@@H]2CC(C)(C)Oc3cc(C)ccc32)Oc2ccccc21. The Hall–Kier alpha value is -2.74. The van der Waals surface area contributed by atoms with Crippen LogP contribution in [0.2, 0.25) is 0 Å². The number of benzene rings is 2. The second-order valence-corrected chi connectivity index (χ2v) is 10.9. The van der Waals surface area contributed by atoms with Crippen LogP contribution in [0.25, 0.3) is 0 Å². The fourth-order valence-electron chi connectivity index (χ4n) is 4.11. The number of hydrogen-bond donors (Lipinski definition) is 1. The highest BCUT2D eigenvalue weighted by molar-refractivity contribution is 7.92. The van der Waals surface area contributed by atoms with Gasteiger partial charge in [-0.1, -0.05) is 24.3 Å². The molecule has 2 heterocycles. The summed E-state index contributed by atoms with van der Waals surface area (Å²) in [5.41, 5.74) is 2.00. The molecule has 1 amide bonds. The standard InChI is InChI=1S/C23H28N2O5S/c1-5-31(27,28)25-14-21(29-19-9-7-6-8-18(19)25)22(26)24-17-13-23(3,4)30-20-12-15(2)10-11-16(17)20/h6-12,17,21H,5,13-14H2,1-4H3,(H,24,26)/t17-,21-/m1/s1. The average Bonchev–Trinajstić information content (AvgIpc) is 2.71. The molecule has 7 nitrogen and oxygen atoms in total. The van der Waals surface area contributed by atoms with E-state index in [1.165, 1.54) is 4.31 Å². The smallest absolute Gasteiger partial charge is 0.263 e. The molecule has 1 N–H and O–H groups in total. The van der Waals surface area contributed by atoms with E-state index in [1.807, 2.05) is 39.0 Å². The van der Waals surface area contributed by atoms with Crippen LogP contribution in [0.15, 0.2) is 42.5 Å². The lowest BCUT2D eigenvalue weighted by Crippen LogP contribution is -2.52. The topological polar surface area (TPSA) is 84.9 Å². The lowest BCUT2D eigenvalue weighted by Gasteiger charge is -2.39. The highest BCUT2D eigenvalue weighted by Crippen LogP contribution is 2.40. The van der Waals surface area contributed by atoms with E-state index in [2.05, 4.69) is 5.32 Å². The van der Waals surface area contributed by atoms with E-state index in [1.54, 1.807) is 31.2 Å². The van der Waals surface area contributed by atoms with E-state index in [0.29, 0.717) is 17.9 Å². The third-order valence-electron chi connectivity index (χ3n) is 5.67. The number of para-hydroxylation sites is 2. The normalized spacial score (nSPS) is 21.9. The molecule has 166 valence electrons. The number of rotatable bonds is 4. The molecule has 2 aromatic carbocycles. The second kappa shape index (κ2) is 7.75. The first-order valence-corrected chi connectivity index (χ1v) is 12.1. The first-order chi connectivity index (χ1) is 14.6. The van der Waals surface area contributed by atoms with Crippen molar-refractivity contribution in [1.29, 1.82) is 0 Å². The quantitative estimate of drug-likeness (QED) is 0.782. The molecule has 4 rings (SSSR count). The van der Waals surface area contributed by atoms with Crippen LogP contribution in [-0.2, 0) is 14.8 Å². The maximum Gasteiger partial charge on any atom is 0.263 e. The van der Waals surface area contributed by atoms with Crippen molar-refractivity contribution in [3.63, 3.8) is 0 Å². The van der Waals surface area contributed by atoms with Gasteiger partial charge in [0.2, 0.25) is 10.0 Å². The van der Waals surface area contributed by atoms with Crippen LogP contribution in [-0.4, -0.2) is 38.3 Å². The fourth-order valence-corrected chi connectivity index (χ4v) is 5.23. The van der Waals surface area contributed by atoms with Gasteiger partial charge in [-0.2, -0.15) is 0 Å². The first-order valence-electron chi connectivity index (χ1n) is 10.5. The summed E-state index contributed by atoms with van der Waals surface area (Å²) in [5, 5.41) is 3.08. The summed E-state index contributed by atoms with van der Waals surface area (Å²) in [6.07, 6.45) is -0.356. The third kappa shape index (κ3) is 4.21. The molecule has 2 atom stereocenters. The Morgan fingerprint density at radius 1 is 1.19 bits per heavy atom. The average molecular weight is 445 g/mol. The van der Waals surface area contributed by atoms with Crippen molar-refractivity contribution < 1.29 is 22.7 Å². The molecule has 2 aliphatic heterocycles. The lowest BCUT2D eigenvalue weighted by atomic mass is 9.89. The lowest BCUT2D eigenvalue weighted by molar-refractivity contribution is -0.129. The van der Waals surface area contributed by atoms with Crippen molar-refractivity contribution in [3.8, 4) is 11.5 Å². The summed E-state index contributed by atoms with van der Waals surface area (Å²) in [7, 11) is -3.55. The number of nitrogens with zero attached hydrogens (tertiary/aromatic N) is 1. The zero-order valence-electron chi connectivity index (χ0n) is 18.2. The van der Waals surface area contributed by atoms with Gasteiger partial charge in [0.25, 0.3) is 5.91 Å². The van der Waals surface area contributed by atoms with E-state index >= 15 is 0 Å². The Balaban J connectivity index is 1.61. The van der Waals surface area contributed by atoms with Gasteiger partial charge in [-0.15, -0.1) is 0 Å². The van der Waals surface area contributed by atoms with E-state index < -0.39 is 21.7 Å². The molecule has 0 fully saturated rings. The van der Waals surface area contributed by atoms with Crippen LogP contribution < -0.4 is 19.1 Å². The van der Waals surface area contributed by atoms with Gasteiger partial charge in [-0.25, -0.2) is 8.42 Å². The van der Waals surface area contributed by atoms with Crippen molar-refractivity contribution in [1.82, 2.24) is 5.32 Å². The molecule has 0 bridgehead atoms. The fraction of sp³-hybridized carbons (Fsp3) is 0.435. The summed E-state index contributed by atoms with van der Waals surface area (Å²) in [4.78, 5) is 13.2. The number of ether oxygens (including phenoxy) is 2. The Morgan fingerprint density at radius 3 is 2.68 bits per heavy atom. The molecule has 0 saturated heterocycles.